The maximum Gasteiger partial charge on any atom is 0.267 e. The lowest BCUT2D eigenvalue weighted by Crippen LogP contribution is -2.70. The Bertz CT molecular complexity index is 1140. The van der Waals surface area contributed by atoms with Gasteiger partial charge < -0.3 is 14.6 Å². The minimum absolute atomic E-state index is 0.171. The molecule has 1 atom stereocenters. The standard InChI is InChI=1S/C24H21N3O4/c28-21-12-13-24(23(30)25-15-18-9-6-14-31-18)26(16-17-7-2-1-3-8-17)22(29)19-10-4-5-11-20(19)27(21)24/h1-11,14H,12-13,15-16H2,(H,25,30). The van der Waals surface area contributed by atoms with Gasteiger partial charge in [-0.05, 0) is 29.8 Å². The lowest BCUT2D eigenvalue weighted by atomic mass is 9.94. The normalized spacial score (nSPS) is 19.9. The van der Waals surface area contributed by atoms with Gasteiger partial charge in [0, 0.05) is 19.4 Å². The molecule has 0 bridgehead atoms. The fourth-order valence-electron chi connectivity index (χ4n) is 4.49. The van der Waals surface area contributed by atoms with Crippen molar-refractivity contribution >= 4 is 23.4 Å². The number of amides is 3. The van der Waals surface area contributed by atoms with Crippen LogP contribution < -0.4 is 10.2 Å². The van der Waals surface area contributed by atoms with Crippen molar-refractivity contribution < 1.29 is 18.8 Å². The smallest absolute Gasteiger partial charge is 0.267 e. The van der Waals surface area contributed by atoms with Crippen molar-refractivity contribution in [3.8, 4) is 0 Å². The molecule has 1 aromatic heterocycles. The van der Waals surface area contributed by atoms with Gasteiger partial charge in [-0.25, -0.2) is 0 Å². The van der Waals surface area contributed by atoms with E-state index in [1.54, 1.807) is 36.4 Å². The first-order chi connectivity index (χ1) is 15.1. The first kappa shape index (κ1) is 19.1. The molecule has 31 heavy (non-hydrogen) atoms. The summed E-state index contributed by atoms with van der Waals surface area (Å²) in [7, 11) is 0. The number of rotatable bonds is 5. The van der Waals surface area contributed by atoms with Crippen LogP contribution in [-0.2, 0) is 22.7 Å². The Morgan fingerprint density at radius 1 is 1.00 bits per heavy atom. The fourth-order valence-corrected chi connectivity index (χ4v) is 4.49. The van der Waals surface area contributed by atoms with Crippen molar-refractivity contribution in [3.63, 3.8) is 0 Å². The summed E-state index contributed by atoms with van der Waals surface area (Å²) in [5.41, 5.74) is 0.355. The van der Waals surface area contributed by atoms with E-state index in [2.05, 4.69) is 5.32 Å². The van der Waals surface area contributed by atoms with Crippen LogP contribution in [0.15, 0.2) is 77.4 Å². The van der Waals surface area contributed by atoms with E-state index in [9.17, 15) is 14.4 Å². The molecule has 156 valence electrons. The molecule has 0 spiro atoms. The average Bonchev–Trinajstić information content (AvgIpc) is 3.44. The highest BCUT2D eigenvalue weighted by Crippen LogP contribution is 2.45. The Morgan fingerprint density at radius 3 is 2.55 bits per heavy atom. The first-order valence-electron chi connectivity index (χ1n) is 10.2. The quantitative estimate of drug-likeness (QED) is 0.694. The summed E-state index contributed by atoms with van der Waals surface area (Å²) in [6.45, 7) is 0.386. The van der Waals surface area contributed by atoms with Crippen molar-refractivity contribution in [2.45, 2.75) is 31.6 Å². The molecule has 3 aromatic rings. The monoisotopic (exact) mass is 415 g/mol. The minimum Gasteiger partial charge on any atom is -0.467 e. The molecule has 1 saturated heterocycles. The molecule has 3 heterocycles. The second-order valence-corrected chi connectivity index (χ2v) is 7.70. The Hall–Kier alpha value is -3.87. The molecule has 2 aliphatic heterocycles. The predicted molar refractivity (Wildman–Crippen MR) is 113 cm³/mol. The number of carbonyl (C=O) groups is 3. The third-order valence-corrected chi connectivity index (χ3v) is 5.92. The van der Waals surface area contributed by atoms with Gasteiger partial charge in [0.25, 0.3) is 11.8 Å². The van der Waals surface area contributed by atoms with E-state index in [-0.39, 0.29) is 37.7 Å². The fraction of sp³-hybridized carbons (Fsp3) is 0.208. The Kier molecular flexibility index (Phi) is 4.58. The summed E-state index contributed by atoms with van der Waals surface area (Å²) < 4.78 is 5.33. The molecule has 0 aliphatic carbocycles. The summed E-state index contributed by atoms with van der Waals surface area (Å²) in [4.78, 5) is 43.3. The highest BCUT2D eigenvalue weighted by atomic mass is 16.3. The van der Waals surface area contributed by atoms with Crippen LogP contribution in [0.2, 0.25) is 0 Å². The molecule has 2 aromatic carbocycles. The van der Waals surface area contributed by atoms with E-state index in [4.69, 9.17) is 4.42 Å². The zero-order chi connectivity index (χ0) is 21.4. The van der Waals surface area contributed by atoms with Crippen LogP contribution in [0, 0.1) is 0 Å². The van der Waals surface area contributed by atoms with Gasteiger partial charge in [-0.2, -0.15) is 0 Å². The molecular weight excluding hydrogens is 394 g/mol. The van der Waals surface area contributed by atoms with Gasteiger partial charge in [-0.3, -0.25) is 19.3 Å². The van der Waals surface area contributed by atoms with Crippen LogP contribution in [-0.4, -0.2) is 28.3 Å². The number of anilines is 1. The summed E-state index contributed by atoms with van der Waals surface area (Å²) in [5.74, 6) is -0.240. The van der Waals surface area contributed by atoms with Crippen molar-refractivity contribution in [1.82, 2.24) is 10.2 Å². The molecule has 7 nitrogen and oxygen atoms in total. The second kappa shape index (κ2) is 7.43. The summed E-state index contributed by atoms with van der Waals surface area (Å²) in [5, 5.41) is 2.88. The van der Waals surface area contributed by atoms with E-state index >= 15 is 0 Å². The van der Waals surface area contributed by atoms with E-state index in [0.29, 0.717) is 17.0 Å². The van der Waals surface area contributed by atoms with Crippen molar-refractivity contribution in [2.24, 2.45) is 0 Å². The molecule has 2 aliphatic rings. The largest absolute Gasteiger partial charge is 0.467 e. The number of para-hydroxylation sites is 1. The third kappa shape index (κ3) is 3.01. The van der Waals surface area contributed by atoms with Gasteiger partial charge in [0.1, 0.15) is 5.76 Å². The number of hydrogen-bond donors (Lipinski definition) is 1. The highest BCUT2D eigenvalue weighted by molar-refractivity contribution is 6.16. The van der Waals surface area contributed by atoms with Gasteiger partial charge in [-0.1, -0.05) is 42.5 Å². The average molecular weight is 415 g/mol. The van der Waals surface area contributed by atoms with Gasteiger partial charge in [-0.15, -0.1) is 0 Å². The molecule has 5 rings (SSSR count). The second-order valence-electron chi connectivity index (χ2n) is 7.70. The highest BCUT2D eigenvalue weighted by Gasteiger charge is 2.60. The molecule has 1 fully saturated rings. The Labute approximate surface area is 179 Å². The molecule has 1 unspecified atom stereocenters. The van der Waals surface area contributed by atoms with Gasteiger partial charge in [0.15, 0.2) is 0 Å². The van der Waals surface area contributed by atoms with Crippen LogP contribution >= 0.6 is 0 Å². The zero-order valence-electron chi connectivity index (χ0n) is 16.8. The lowest BCUT2D eigenvalue weighted by molar-refractivity contribution is -0.134. The molecular formula is C24H21N3O4. The topological polar surface area (TPSA) is 82.9 Å². The minimum atomic E-state index is -1.43. The SMILES string of the molecule is O=C1c2ccccc2N2C(=O)CCC2(C(=O)NCc2ccco2)N1Cc1ccccc1. The third-order valence-electron chi connectivity index (χ3n) is 5.92. The molecule has 1 N–H and O–H groups in total. The summed E-state index contributed by atoms with van der Waals surface area (Å²) in [6.07, 6.45) is 1.94. The maximum atomic E-state index is 13.7. The zero-order valence-corrected chi connectivity index (χ0v) is 16.8. The number of nitrogens with one attached hydrogen (secondary N) is 1. The summed E-state index contributed by atoms with van der Waals surface area (Å²) in [6, 6.07) is 20.0. The van der Waals surface area contributed by atoms with Gasteiger partial charge in [0.05, 0.1) is 24.1 Å². The van der Waals surface area contributed by atoms with E-state index in [1.807, 2.05) is 30.3 Å². The molecule has 3 amide bonds. The predicted octanol–water partition coefficient (Wildman–Crippen LogP) is 3.08. The maximum absolute atomic E-state index is 13.7. The van der Waals surface area contributed by atoms with E-state index < -0.39 is 11.6 Å². The lowest BCUT2D eigenvalue weighted by Gasteiger charge is -2.49. The number of benzene rings is 2. The number of fused-ring (bicyclic) bond motifs is 3. The van der Waals surface area contributed by atoms with Crippen molar-refractivity contribution in [1.29, 1.82) is 0 Å². The van der Waals surface area contributed by atoms with E-state index in [1.165, 1.54) is 16.1 Å². The van der Waals surface area contributed by atoms with Gasteiger partial charge >= 0.3 is 0 Å². The van der Waals surface area contributed by atoms with Crippen LogP contribution in [0.3, 0.4) is 0 Å². The molecule has 7 heteroatoms. The Morgan fingerprint density at radius 2 is 1.77 bits per heavy atom. The Balaban J connectivity index is 1.60. The van der Waals surface area contributed by atoms with E-state index in [0.717, 1.165) is 5.56 Å². The van der Waals surface area contributed by atoms with Crippen LogP contribution in [0.4, 0.5) is 5.69 Å². The van der Waals surface area contributed by atoms with Gasteiger partial charge in [0.2, 0.25) is 11.6 Å². The number of carbonyl (C=O) groups excluding carboxylic acids is 3. The number of furan rings is 1. The number of nitrogens with zero attached hydrogens (tertiary/aromatic N) is 2. The van der Waals surface area contributed by atoms with Crippen LogP contribution in [0.25, 0.3) is 0 Å². The molecule has 0 radical (unpaired) electrons. The first-order valence-corrected chi connectivity index (χ1v) is 10.2. The van der Waals surface area contributed by atoms with Crippen LogP contribution in [0.5, 0.6) is 0 Å². The van der Waals surface area contributed by atoms with Crippen LogP contribution in [0.1, 0.15) is 34.5 Å². The number of hydrogen-bond acceptors (Lipinski definition) is 4. The molecule has 0 saturated carbocycles. The van der Waals surface area contributed by atoms with Crippen molar-refractivity contribution in [2.75, 3.05) is 4.90 Å². The summed E-state index contributed by atoms with van der Waals surface area (Å²) >= 11 is 0. The van der Waals surface area contributed by atoms with Crippen molar-refractivity contribution in [3.05, 3.63) is 89.9 Å².